The Balaban J connectivity index is 1.70. The van der Waals surface area contributed by atoms with Crippen molar-refractivity contribution in [3.63, 3.8) is 0 Å². The van der Waals surface area contributed by atoms with Crippen LogP contribution in [0.1, 0.15) is 29.0 Å². The lowest BCUT2D eigenvalue weighted by Gasteiger charge is -2.26. The summed E-state index contributed by atoms with van der Waals surface area (Å²) in [6, 6.07) is 19.7. The van der Waals surface area contributed by atoms with Gasteiger partial charge < -0.3 is 10.6 Å². The molecule has 0 aromatic heterocycles. The number of hydrogen-bond donors (Lipinski definition) is 2. The van der Waals surface area contributed by atoms with Crippen LogP contribution in [-0.2, 0) is 16.1 Å². The first-order valence-electron chi connectivity index (χ1n) is 9.01. The number of amides is 2. The molecule has 2 amide bonds. The third-order valence-electron chi connectivity index (χ3n) is 4.60. The average molecular weight is 391 g/mol. The lowest BCUT2D eigenvalue weighted by molar-refractivity contribution is -0.121. The van der Waals surface area contributed by atoms with Crippen LogP contribution in [0, 0.1) is 18.3 Å². The quantitative estimate of drug-likeness (QED) is 0.791. The second-order valence-electron chi connectivity index (χ2n) is 6.57. The second kappa shape index (κ2) is 9.25. The molecule has 142 valence electrons. The SMILES string of the molecule is Cc1ccccc1[C@H]1CC(=O)NC(SCC(=O)NCc2ccccc2)=C1C#N. The zero-order chi connectivity index (χ0) is 19.9. The summed E-state index contributed by atoms with van der Waals surface area (Å²) in [6.45, 7) is 2.42. The van der Waals surface area contributed by atoms with Crippen LogP contribution < -0.4 is 10.6 Å². The van der Waals surface area contributed by atoms with Crippen molar-refractivity contribution in [2.75, 3.05) is 5.75 Å². The second-order valence-corrected chi connectivity index (χ2v) is 7.55. The van der Waals surface area contributed by atoms with Crippen molar-refractivity contribution in [2.24, 2.45) is 0 Å². The minimum absolute atomic E-state index is 0.133. The van der Waals surface area contributed by atoms with Gasteiger partial charge in [0.15, 0.2) is 0 Å². The molecule has 28 heavy (non-hydrogen) atoms. The van der Waals surface area contributed by atoms with Crippen LogP contribution in [0.5, 0.6) is 0 Å². The largest absolute Gasteiger partial charge is 0.351 e. The van der Waals surface area contributed by atoms with Gasteiger partial charge >= 0.3 is 0 Å². The molecule has 2 N–H and O–H groups in total. The molecule has 0 saturated heterocycles. The summed E-state index contributed by atoms with van der Waals surface area (Å²) in [5.41, 5.74) is 3.54. The van der Waals surface area contributed by atoms with Gasteiger partial charge in [-0.15, -0.1) is 0 Å². The monoisotopic (exact) mass is 391 g/mol. The maximum Gasteiger partial charge on any atom is 0.230 e. The molecule has 2 aromatic rings. The topological polar surface area (TPSA) is 82.0 Å². The fourth-order valence-corrected chi connectivity index (χ4v) is 4.07. The molecular formula is C22H21N3O2S. The third kappa shape index (κ3) is 4.81. The normalized spacial score (nSPS) is 16.3. The highest BCUT2D eigenvalue weighted by atomic mass is 32.2. The Morgan fingerprint density at radius 1 is 1.21 bits per heavy atom. The summed E-state index contributed by atoms with van der Waals surface area (Å²) in [5.74, 6) is -0.436. The molecule has 0 saturated carbocycles. The van der Waals surface area contributed by atoms with E-state index in [-0.39, 0.29) is 29.9 Å². The minimum atomic E-state index is -0.283. The Hall–Kier alpha value is -3.04. The van der Waals surface area contributed by atoms with Crippen LogP contribution in [-0.4, -0.2) is 17.6 Å². The number of aryl methyl sites for hydroxylation is 1. The van der Waals surface area contributed by atoms with Gasteiger partial charge in [0.1, 0.15) is 0 Å². The first-order chi connectivity index (χ1) is 13.6. The number of rotatable bonds is 6. The van der Waals surface area contributed by atoms with Crippen molar-refractivity contribution in [2.45, 2.75) is 25.8 Å². The van der Waals surface area contributed by atoms with Crippen molar-refractivity contribution in [3.8, 4) is 6.07 Å². The van der Waals surface area contributed by atoms with Crippen LogP contribution in [0.3, 0.4) is 0 Å². The average Bonchev–Trinajstić information content (AvgIpc) is 2.71. The molecule has 1 aliphatic rings. The van der Waals surface area contributed by atoms with Gasteiger partial charge in [-0.25, -0.2) is 0 Å². The predicted molar refractivity (Wildman–Crippen MR) is 110 cm³/mol. The smallest absolute Gasteiger partial charge is 0.230 e. The lowest BCUT2D eigenvalue weighted by atomic mass is 9.85. The Morgan fingerprint density at radius 2 is 1.93 bits per heavy atom. The molecule has 1 heterocycles. The first-order valence-corrected chi connectivity index (χ1v) is 10.00. The molecule has 0 radical (unpaired) electrons. The van der Waals surface area contributed by atoms with Crippen molar-refractivity contribution in [1.29, 1.82) is 5.26 Å². The molecular weight excluding hydrogens is 370 g/mol. The van der Waals surface area contributed by atoms with E-state index in [1.165, 1.54) is 11.8 Å². The molecule has 0 spiro atoms. The Morgan fingerprint density at radius 3 is 2.64 bits per heavy atom. The number of carbonyl (C=O) groups excluding carboxylic acids is 2. The lowest BCUT2D eigenvalue weighted by Crippen LogP contribution is -2.32. The van der Waals surface area contributed by atoms with E-state index >= 15 is 0 Å². The van der Waals surface area contributed by atoms with Crippen molar-refractivity contribution in [1.82, 2.24) is 10.6 Å². The molecule has 2 aromatic carbocycles. The summed E-state index contributed by atoms with van der Waals surface area (Å²) >= 11 is 1.19. The molecule has 0 aliphatic carbocycles. The van der Waals surface area contributed by atoms with E-state index in [1.54, 1.807) is 0 Å². The standard InChI is InChI=1S/C22H21N3O2S/c1-15-7-5-6-10-17(15)18-11-20(26)25-22(19(18)12-23)28-14-21(27)24-13-16-8-3-2-4-9-16/h2-10,18H,11,13-14H2,1H3,(H,24,27)(H,25,26)/t18-/m1/s1. The summed E-state index contributed by atoms with van der Waals surface area (Å²) in [4.78, 5) is 24.4. The first kappa shape index (κ1) is 19.7. The van der Waals surface area contributed by atoms with Gasteiger partial charge in [-0.05, 0) is 23.6 Å². The Labute approximate surface area is 168 Å². The number of nitriles is 1. The van der Waals surface area contributed by atoms with E-state index in [0.717, 1.165) is 16.7 Å². The van der Waals surface area contributed by atoms with E-state index in [1.807, 2.05) is 61.5 Å². The summed E-state index contributed by atoms with van der Waals surface area (Å²) in [5, 5.41) is 15.8. The van der Waals surface area contributed by atoms with Crippen molar-refractivity contribution < 1.29 is 9.59 Å². The predicted octanol–water partition coefficient (Wildman–Crippen LogP) is 3.38. The fraction of sp³-hybridized carbons (Fsp3) is 0.227. The third-order valence-corrected chi connectivity index (χ3v) is 5.62. The van der Waals surface area contributed by atoms with E-state index < -0.39 is 0 Å². The van der Waals surface area contributed by atoms with Gasteiger partial charge in [0.25, 0.3) is 0 Å². The number of thioether (sulfide) groups is 1. The van der Waals surface area contributed by atoms with E-state index in [9.17, 15) is 14.9 Å². The number of nitrogens with zero attached hydrogens (tertiary/aromatic N) is 1. The Kier molecular flexibility index (Phi) is 6.51. The van der Waals surface area contributed by atoms with Gasteiger partial charge in [0.05, 0.1) is 22.4 Å². The van der Waals surface area contributed by atoms with Crippen LogP contribution in [0.25, 0.3) is 0 Å². The zero-order valence-corrected chi connectivity index (χ0v) is 16.4. The van der Waals surface area contributed by atoms with E-state index in [0.29, 0.717) is 17.1 Å². The number of allylic oxidation sites excluding steroid dienone is 1. The number of hydrogen-bond acceptors (Lipinski definition) is 4. The maximum atomic E-state index is 12.2. The van der Waals surface area contributed by atoms with E-state index in [2.05, 4.69) is 16.7 Å². The molecule has 5 nitrogen and oxygen atoms in total. The van der Waals surface area contributed by atoms with Crippen LogP contribution in [0.4, 0.5) is 0 Å². The van der Waals surface area contributed by atoms with Gasteiger partial charge in [-0.3, -0.25) is 9.59 Å². The number of nitrogens with one attached hydrogen (secondary N) is 2. The fourth-order valence-electron chi connectivity index (χ4n) is 3.16. The van der Waals surface area contributed by atoms with Gasteiger partial charge in [-0.1, -0.05) is 66.4 Å². The number of carbonyl (C=O) groups is 2. The van der Waals surface area contributed by atoms with Crippen LogP contribution in [0.2, 0.25) is 0 Å². The van der Waals surface area contributed by atoms with Crippen LogP contribution >= 0.6 is 11.8 Å². The van der Waals surface area contributed by atoms with Crippen LogP contribution in [0.15, 0.2) is 65.2 Å². The summed E-state index contributed by atoms with van der Waals surface area (Å²) < 4.78 is 0. The minimum Gasteiger partial charge on any atom is -0.351 e. The summed E-state index contributed by atoms with van der Waals surface area (Å²) in [7, 11) is 0. The molecule has 6 heteroatoms. The molecule has 1 aliphatic heterocycles. The zero-order valence-electron chi connectivity index (χ0n) is 15.6. The van der Waals surface area contributed by atoms with Gasteiger partial charge in [0, 0.05) is 18.9 Å². The maximum absolute atomic E-state index is 12.2. The highest BCUT2D eigenvalue weighted by molar-refractivity contribution is 8.03. The van der Waals surface area contributed by atoms with Crippen molar-refractivity contribution >= 4 is 23.6 Å². The molecule has 3 rings (SSSR count). The molecule has 0 unspecified atom stereocenters. The van der Waals surface area contributed by atoms with Gasteiger partial charge in [0.2, 0.25) is 11.8 Å². The van der Waals surface area contributed by atoms with Gasteiger partial charge in [-0.2, -0.15) is 5.26 Å². The molecule has 0 fully saturated rings. The highest BCUT2D eigenvalue weighted by Gasteiger charge is 2.30. The van der Waals surface area contributed by atoms with Crippen molar-refractivity contribution in [3.05, 3.63) is 81.9 Å². The Bertz CT molecular complexity index is 948. The summed E-state index contributed by atoms with van der Waals surface area (Å²) in [6.07, 6.45) is 0.234. The molecule has 1 atom stereocenters. The highest BCUT2D eigenvalue weighted by Crippen LogP contribution is 2.37. The number of benzene rings is 2. The van der Waals surface area contributed by atoms with E-state index in [4.69, 9.17) is 0 Å². The molecule has 0 bridgehead atoms.